The second-order valence-electron chi connectivity index (χ2n) is 5.13. The molecule has 20 heavy (non-hydrogen) atoms. The van der Waals surface area contributed by atoms with Crippen molar-refractivity contribution in [2.24, 2.45) is 0 Å². The first kappa shape index (κ1) is 14.7. The monoisotopic (exact) mass is 277 g/mol. The van der Waals surface area contributed by atoms with Crippen molar-refractivity contribution < 1.29 is 9.53 Å². The fourth-order valence-electron chi connectivity index (χ4n) is 2.31. The molecule has 0 saturated carbocycles. The Morgan fingerprint density at radius 3 is 2.90 bits per heavy atom. The number of nitrogens with two attached hydrogens (primary N) is 1. The molecule has 2 amide bonds. The second-order valence-corrected chi connectivity index (χ2v) is 5.13. The molecule has 1 saturated heterocycles. The zero-order valence-electron chi connectivity index (χ0n) is 12.0. The largest absolute Gasteiger partial charge is 0.399 e. The van der Waals surface area contributed by atoms with Crippen LogP contribution >= 0.6 is 0 Å². The summed E-state index contributed by atoms with van der Waals surface area (Å²) in [6.45, 7) is 4.31. The van der Waals surface area contributed by atoms with Crippen LogP contribution < -0.4 is 11.1 Å². The predicted molar refractivity (Wildman–Crippen MR) is 80.7 cm³/mol. The van der Waals surface area contributed by atoms with Gasteiger partial charge in [-0.1, -0.05) is 6.92 Å². The molecule has 1 fully saturated rings. The lowest BCUT2D eigenvalue weighted by molar-refractivity contribution is 0.0115. The number of nitrogens with one attached hydrogen (secondary N) is 1. The molecule has 110 valence electrons. The topological polar surface area (TPSA) is 67.6 Å². The zero-order chi connectivity index (χ0) is 14.4. The summed E-state index contributed by atoms with van der Waals surface area (Å²) in [5.41, 5.74) is 7.08. The lowest BCUT2D eigenvalue weighted by Gasteiger charge is -2.32. The minimum atomic E-state index is -0.0698. The number of urea groups is 1. The number of likely N-dealkylation sites (tertiary alicyclic amines) is 1. The third kappa shape index (κ3) is 4.13. The Labute approximate surface area is 120 Å². The van der Waals surface area contributed by atoms with E-state index >= 15 is 0 Å². The predicted octanol–water partition coefficient (Wildman–Crippen LogP) is 2.69. The van der Waals surface area contributed by atoms with Gasteiger partial charge in [0.1, 0.15) is 0 Å². The van der Waals surface area contributed by atoms with Crippen molar-refractivity contribution >= 4 is 17.4 Å². The number of nitrogen functional groups attached to an aromatic ring is 1. The average Bonchev–Trinajstić information content (AvgIpc) is 2.48. The zero-order valence-corrected chi connectivity index (χ0v) is 12.0. The molecule has 1 unspecified atom stereocenters. The second kappa shape index (κ2) is 7.14. The van der Waals surface area contributed by atoms with Gasteiger partial charge < -0.3 is 20.7 Å². The van der Waals surface area contributed by atoms with Crippen molar-refractivity contribution in [1.82, 2.24) is 4.90 Å². The van der Waals surface area contributed by atoms with Gasteiger partial charge in [0, 0.05) is 31.1 Å². The van der Waals surface area contributed by atoms with Gasteiger partial charge in [0.2, 0.25) is 0 Å². The molecule has 5 nitrogen and oxygen atoms in total. The lowest BCUT2D eigenvalue weighted by Crippen LogP contribution is -2.45. The molecule has 1 aromatic rings. The fourth-order valence-corrected chi connectivity index (χ4v) is 2.31. The average molecular weight is 277 g/mol. The molecule has 5 heteroatoms. The summed E-state index contributed by atoms with van der Waals surface area (Å²) in [6, 6.07) is 7.10. The number of carbonyl (C=O) groups is 1. The van der Waals surface area contributed by atoms with E-state index in [4.69, 9.17) is 10.5 Å². The summed E-state index contributed by atoms with van der Waals surface area (Å²) in [4.78, 5) is 14.0. The van der Waals surface area contributed by atoms with E-state index in [1.54, 1.807) is 12.1 Å². The van der Waals surface area contributed by atoms with Gasteiger partial charge in [-0.2, -0.15) is 0 Å². The van der Waals surface area contributed by atoms with E-state index in [1.165, 1.54) is 0 Å². The third-order valence-electron chi connectivity index (χ3n) is 3.38. The molecule has 3 N–H and O–H groups in total. The number of carbonyl (C=O) groups excluding carboxylic acids is 1. The Balaban J connectivity index is 1.86. The number of ether oxygens (including phenoxy) is 1. The van der Waals surface area contributed by atoms with Crippen molar-refractivity contribution in [3.8, 4) is 0 Å². The van der Waals surface area contributed by atoms with Gasteiger partial charge in [0.25, 0.3) is 0 Å². The van der Waals surface area contributed by atoms with E-state index in [1.807, 2.05) is 17.0 Å². The number of amides is 2. The molecule has 1 aliphatic rings. The summed E-state index contributed by atoms with van der Waals surface area (Å²) in [7, 11) is 0. The molecule has 0 aliphatic carbocycles. The van der Waals surface area contributed by atoms with E-state index in [0.717, 1.165) is 38.1 Å². The van der Waals surface area contributed by atoms with Crippen LogP contribution in [0.2, 0.25) is 0 Å². The van der Waals surface area contributed by atoms with E-state index in [0.29, 0.717) is 12.2 Å². The van der Waals surface area contributed by atoms with E-state index in [9.17, 15) is 4.79 Å². The van der Waals surface area contributed by atoms with Crippen molar-refractivity contribution in [3.63, 3.8) is 0 Å². The molecule has 0 spiro atoms. The van der Waals surface area contributed by atoms with Crippen LogP contribution in [-0.4, -0.2) is 36.7 Å². The molecular weight excluding hydrogens is 254 g/mol. The van der Waals surface area contributed by atoms with Crippen LogP contribution in [0.5, 0.6) is 0 Å². The highest BCUT2D eigenvalue weighted by Gasteiger charge is 2.23. The van der Waals surface area contributed by atoms with Crippen molar-refractivity contribution in [2.75, 3.05) is 30.7 Å². The summed E-state index contributed by atoms with van der Waals surface area (Å²) in [5, 5.41) is 2.89. The number of hydrogen-bond donors (Lipinski definition) is 2. The number of hydrogen-bond acceptors (Lipinski definition) is 3. The lowest BCUT2D eigenvalue weighted by atomic mass is 10.1. The third-order valence-corrected chi connectivity index (χ3v) is 3.38. The van der Waals surface area contributed by atoms with E-state index < -0.39 is 0 Å². The van der Waals surface area contributed by atoms with E-state index in [-0.39, 0.29) is 12.1 Å². The van der Waals surface area contributed by atoms with Crippen LogP contribution in [0.4, 0.5) is 16.2 Å². The Bertz CT molecular complexity index is 433. The fraction of sp³-hybridized carbons (Fsp3) is 0.533. The number of piperidine rings is 1. The van der Waals surface area contributed by atoms with Crippen LogP contribution in [-0.2, 0) is 4.74 Å². The molecule has 1 heterocycles. The summed E-state index contributed by atoms with van der Waals surface area (Å²) in [6.07, 6.45) is 3.20. The SMILES string of the molecule is CCCOC1CCCN(C(=O)Nc2ccc(N)cc2)C1. The minimum absolute atomic E-state index is 0.0698. The van der Waals surface area contributed by atoms with Crippen molar-refractivity contribution in [2.45, 2.75) is 32.3 Å². The highest BCUT2D eigenvalue weighted by atomic mass is 16.5. The standard InChI is InChI=1S/C15H23N3O2/c1-2-10-20-14-4-3-9-18(11-14)15(19)17-13-7-5-12(16)6-8-13/h5-8,14H,2-4,9-11,16H2,1H3,(H,17,19). The van der Waals surface area contributed by atoms with Crippen LogP contribution in [0.1, 0.15) is 26.2 Å². The molecule has 2 rings (SSSR count). The molecule has 1 aliphatic heterocycles. The first-order valence-electron chi connectivity index (χ1n) is 7.22. The van der Waals surface area contributed by atoms with Gasteiger partial charge in [-0.25, -0.2) is 4.79 Å². The van der Waals surface area contributed by atoms with Crippen molar-refractivity contribution in [1.29, 1.82) is 0 Å². The Hall–Kier alpha value is -1.75. The Kier molecular flexibility index (Phi) is 5.24. The van der Waals surface area contributed by atoms with E-state index in [2.05, 4.69) is 12.2 Å². The molecule has 0 radical (unpaired) electrons. The minimum Gasteiger partial charge on any atom is -0.399 e. The maximum atomic E-state index is 12.2. The smallest absolute Gasteiger partial charge is 0.321 e. The Morgan fingerprint density at radius 1 is 1.45 bits per heavy atom. The first-order valence-corrected chi connectivity index (χ1v) is 7.22. The highest BCUT2D eigenvalue weighted by molar-refractivity contribution is 5.89. The van der Waals surface area contributed by atoms with Crippen LogP contribution in [0, 0.1) is 0 Å². The summed E-state index contributed by atoms with van der Waals surface area (Å²) >= 11 is 0. The van der Waals surface area contributed by atoms with Crippen LogP contribution in [0.3, 0.4) is 0 Å². The highest BCUT2D eigenvalue weighted by Crippen LogP contribution is 2.16. The Morgan fingerprint density at radius 2 is 2.20 bits per heavy atom. The molecule has 0 aromatic heterocycles. The van der Waals surface area contributed by atoms with Crippen LogP contribution in [0.15, 0.2) is 24.3 Å². The first-order chi connectivity index (χ1) is 9.69. The van der Waals surface area contributed by atoms with Gasteiger partial charge in [-0.05, 0) is 43.5 Å². The molecule has 1 aromatic carbocycles. The van der Waals surface area contributed by atoms with Crippen LogP contribution in [0.25, 0.3) is 0 Å². The summed E-state index contributed by atoms with van der Waals surface area (Å²) < 4.78 is 5.74. The quantitative estimate of drug-likeness (QED) is 0.831. The van der Waals surface area contributed by atoms with Gasteiger partial charge in [-0.15, -0.1) is 0 Å². The number of anilines is 2. The molecule has 1 atom stereocenters. The number of nitrogens with zero attached hydrogens (tertiary/aromatic N) is 1. The van der Waals surface area contributed by atoms with Gasteiger partial charge in [-0.3, -0.25) is 0 Å². The maximum Gasteiger partial charge on any atom is 0.321 e. The normalized spacial score (nSPS) is 18.9. The number of rotatable bonds is 4. The molecule has 0 bridgehead atoms. The molecular formula is C15H23N3O2. The van der Waals surface area contributed by atoms with Gasteiger partial charge in [0.05, 0.1) is 6.10 Å². The summed E-state index contributed by atoms with van der Waals surface area (Å²) in [5.74, 6) is 0. The van der Waals surface area contributed by atoms with Gasteiger partial charge >= 0.3 is 6.03 Å². The maximum absolute atomic E-state index is 12.2. The van der Waals surface area contributed by atoms with Gasteiger partial charge in [0.15, 0.2) is 0 Å². The number of benzene rings is 1. The van der Waals surface area contributed by atoms with Crippen molar-refractivity contribution in [3.05, 3.63) is 24.3 Å².